The number of pyridine rings is 1. The van der Waals surface area contributed by atoms with Crippen molar-refractivity contribution in [1.29, 1.82) is 0 Å². The summed E-state index contributed by atoms with van der Waals surface area (Å²) in [5.41, 5.74) is 4.17. The smallest absolute Gasteiger partial charge is 0.148 e. The summed E-state index contributed by atoms with van der Waals surface area (Å²) in [5.74, 6) is 0.221. The zero-order valence-corrected chi connectivity index (χ0v) is 11.9. The minimum Gasteiger partial charge on any atom is -0.494 e. The van der Waals surface area contributed by atoms with E-state index in [1.54, 1.807) is 13.2 Å². The lowest BCUT2D eigenvalue weighted by molar-refractivity contribution is 0.415. The first-order valence-corrected chi connectivity index (χ1v) is 7.17. The fourth-order valence-corrected chi connectivity index (χ4v) is 2.99. The standard InChI is InChI=1S/C16H19FN2O/c1-3-18-15-11-6-4-5-7-13(11)19-16-12(15)8-10(17)9-14(16)20-2/h8-9H,3-7H2,1-2H3,(H,18,19). The molecule has 1 aromatic heterocycles. The third-order valence-corrected chi connectivity index (χ3v) is 3.87. The minimum absolute atomic E-state index is 0.286. The Labute approximate surface area is 118 Å². The second-order valence-electron chi connectivity index (χ2n) is 5.15. The van der Waals surface area contributed by atoms with Gasteiger partial charge in [-0.3, -0.25) is 0 Å². The summed E-state index contributed by atoms with van der Waals surface area (Å²) in [6.45, 7) is 2.86. The van der Waals surface area contributed by atoms with Gasteiger partial charge in [-0.25, -0.2) is 9.37 Å². The van der Waals surface area contributed by atoms with Gasteiger partial charge in [0, 0.05) is 29.4 Å². The van der Waals surface area contributed by atoms with Gasteiger partial charge in [0.05, 0.1) is 7.11 Å². The van der Waals surface area contributed by atoms with Crippen LogP contribution in [0.15, 0.2) is 12.1 Å². The highest BCUT2D eigenvalue weighted by Crippen LogP contribution is 2.37. The molecule has 0 atom stereocenters. The number of nitrogens with one attached hydrogen (secondary N) is 1. The van der Waals surface area contributed by atoms with Gasteiger partial charge < -0.3 is 10.1 Å². The summed E-state index contributed by atoms with van der Waals surface area (Å²) in [6, 6.07) is 2.96. The van der Waals surface area contributed by atoms with E-state index < -0.39 is 0 Å². The maximum atomic E-state index is 13.8. The molecule has 0 saturated heterocycles. The number of aryl methyl sites for hydroxylation is 1. The third kappa shape index (κ3) is 2.09. The zero-order valence-electron chi connectivity index (χ0n) is 11.9. The fraction of sp³-hybridized carbons (Fsp3) is 0.438. The van der Waals surface area contributed by atoms with Crippen molar-refractivity contribution in [1.82, 2.24) is 4.98 Å². The van der Waals surface area contributed by atoms with Crippen molar-refractivity contribution in [2.45, 2.75) is 32.6 Å². The summed E-state index contributed by atoms with van der Waals surface area (Å²) in [4.78, 5) is 4.74. The summed E-state index contributed by atoms with van der Waals surface area (Å²) in [6.07, 6.45) is 4.34. The number of hydrogen-bond donors (Lipinski definition) is 1. The van der Waals surface area contributed by atoms with Crippen molar-refractivity contribution in [2.75, 3.05) is 19.0 Å². The lowest BCUT2D eigenvalue weighted by Gasteiger charge is -2.22. The SMILES string of the molecule is CCNc1c2c(nc3c(OC)cc(F)cc13)CCCC2. The average molecular weight is 274 g/mol. The highest BCUT2D eigenvalue weighted by atomic mass is 19.1. The molecule has 0 spiro atoms. The molecule has 0 amide bonds. The lowest BCUT2D eigenvalue weighted by atomic mass is 9.92. The Bertz CT molecular complexity index is 655. The summed E-state index contributed by atoms with van der Waals surface area (Å²) >= 11 is 0. The molecule has 3 rings (SSSR count). The molecule has 1 aliphatic rings. The molecule has 106 valence electrons. The van der Waals surface area contributed by atoms with Gasteiger partial charge in [-0.05, 0) is 44.2 Å². The Kier molecular flexibility index (Phi) is 3.47. The summed E-state index contributed by atoms with van der Waals surface area (Å²) in [7, 11) is 1.56. The number of nitrogens with zero attached hydrogens (tertiary/aromatic N) is 1. The van der Waals surface area contributed by atoms with Gasteiger partial charge in [0.1, 0.15) is 17.1 Å². The van der Waals surface area contributed by atoms with Crippen molar-refractivity contribution >= 4 is 16.6 Å². The van der Waals surface area contributed by atoms with Gasteiger partial charge in [0.15, 0.2) is 0 Å². The minimum atomic E-state index is -0.286. The van der Waals surface area contributed by atoms with Crippen LogP contribution in [0.5, 0.6) is 5.75 Å². The molecule has 0 radical (unpaired) electrons. The lowest BCUT2D eigenvalue weighted by Crippen LogP contribution is -2.11. The topological polar surface area (TPSA) is 34.2 Å². The Morgan fingerprint density at radius 3 is 2.85 bits per heavy atom. The van der Waals surface area contributed by atoms with E-state index in [0.29, 0.717) is 5.75 Å². The molecule has 20 heavy (non-hydrogen) atoms. The van der Waals surface area contributed by atoms with Gasteiger partial charge in [-0.2, -0.15) is 0 Å². The van der Waals surface area contributed by atoms with Gasteiger partial charge >= 0.3 is 0 Å². The molecule has 4 heteroatoms. The van der Waals surface area contributed by atoms with Crippen LogP contribution in [0.2, 0.25) is 0 Å². The van der Waals surface area contributed by atoms with Crippen LogP contribution in [0.4, 0.5) is 10.1 Å². The number of methoxy groups -OCH3 is 1. The first kappa shape index (κ1) is 13.2. The number of anilines is 1. The molecule has 1 aliphatic carbocycles. The van der Waals surface area contributed by atoms with Gasteiger partial charge in [0.25, 0.3) is 0 Å². The molecule has 3 nitrogen and oxygen atoms in total. The second-order valence-corrected chi connectivity index (χ2v) is 5.15. The second kappa shape index (κ2) is 5.27. The van der Waals surface area contributed by atoms with Gasteiger partial charge in [-0.1, -0.05) is 0 Å². The maximum absolute atomic E-state index is 13.8. The number of ether oxygens (including phenoxy) is 1. The molecule has 0 saturated carbocycles. The van der Waals surface area contributed by atoms with Crippen molar-refractivity contribution in [3.05, 3.63) is 29.2 Å². The summed E-state index contributed by atoms with van der Waals surface area (Å²) in [5, 5.41) is 4.22. The average Bonchev–Trinajstić information content (AvgIpc) is 2.47. The van der Waals surface area contributed by atoms with Crippen LogP contribution in [-0.4, -0.2) is 18.6 Å². The quantitative estimate of drug-likeness (QED) is 0.926. The molecule has 0 fully saturated rings. The van der Waals surface area contributed by atoms with E-state index in [1.165, 1.54) is 24.5 Å². The summed E-state index contributed by atoms with van der Waals surface area (Å²) < 4.78 is 19.1. The molecular weight excluding hydrogens is 255 g/mol. The zero-order chi connectivity index (χ0) is 14.1. The van der Waals surface area contributed by atoms with Crippen molar-refractivity contribution in [3.63, 3.8) is 0 Å². The van der Waals surface area contributed by atoms with Crippen molar-refractivity contribution < 1.29 is 9.13 Å². The van der Waals surface area contributed by atoms with E-state index in [0.717, 1.165) is 41.7 Å². The van der Waals surface area contributed by atoms with Crippen molar-refractivity contribution in [3.8, 4) is 5.75 Å². The predicted molar refractivity (Wildman–Crippen MR) is 79.1 cm³/mol. The third-order valence-electron chi connectivity index (χ3n) is 3.87. The Morgan fingerprint density at radius 2 is 2.10 bits per heavy atom. The highest BCUT2D eigenvalue weighted by molar-refractivity contribution is 5.97. The van der Waals surface area contributed by atoms with E-state index in [9.17, 15) is 4.39 Å². The number of rotatable bonds is 3. The number of benzene rings is 1. The Morgan fingerprint density at radius 1 is 1.30 bits per heavy atom. The van der Waals surface area contributed by atoms with Crippen LogP contribution in [0.25, 0.3) is 10.9 Å². The first-order valence-electron chi connectivity index (χ1n) is 7.17. The molecule has 0 unspecified atom stereocenters. The number of aromatic nitrogens is 1. The van der Waals surface area contributed by atoms with Crippen LogP contribution < -0.4 is 10.1 Å². The number of hydrogen-bond acceptors (Lipinski definition) is 3. The van der Waals surface area contributed by atoms with Crippen LogP contribution in [0.3, 0.4) is 0 Å². The Balaban J connectivity index is 2.35. The molecule has 2 aromatic rings. The van der Waals surface area contributed by atoms with Crippen molar-refractivity contribution in [2.24, 2.45) is 0 Å². The highest BCUT2D eigenvalue weighted by Gasteiger charge is 2.20. The van der Waals surface area contributed by atoms with Crippen LogP contribution in [0.1, 0.15) is 31.0 Å². The van der Waals surface area contributed by atoms with E-state index in [2.05, 4.69) is 12.2 Å². The number of halogens is 1. The predicted octanol–water partition coefficient (Wildman–Crippen LogP) is 3.69. The van der Waals surface area contributed by atoms with E-state index in [1.807, 2.05) is 0 Å². The molecule has 0 bridgehead atoms. The molecule has 0 aliphatic heterocycles. The van der Waals surface area contributed by atoms with E-state index >= 15 is 0 Å². The monoisotopic (exact) mass is 274 g/mol. The molecule has 1 N–H and O–H groups in total. The molecular formula is C16H19FN2O. The van der Waals surface area contributed by atoms with Crippen LogP contribution in [-0.2, 0) is 12.8 Å². The Hall–Kier alpha value is -1.84. The van der Waals surface area contributed by atoms with Crippen LogP contribution >= 0.6 is 0 Å². The number of fused-ring (bicyclic) bond motifs is 2. The fourth-order valence-electron chi connectivity index (χ4n) is 2.99. The molecule has 1 heterocycles. The van der Waals surface area contributed by atoms with Gasteiger partial charge in [0.2, 0.25) is 0 Å². The van der Waals surface area contributed by atoms with E-state index in [4.69, 9.17) is 9.72 Å². The van der Waals surface area contributed by atoms with Gasteiger partial charge in [-0.15, -0.1) is 0 Å². The van der Waals surface area contributed by atoms with E-state index in [-0.39, 0.29) is 5.82 Å². The van der Waals surface area contributed by atoms with Crippen LogP contribution in [0, 0.1) is 5.82 Å². The normalized spacial score (nSPS) is 14.2. The maximum Gasteiger partial charge on any atom is 0.148 e. The first-order chi connectivity index (χ1) is 9.74. The largest absolute Gasteiger partial charge is 0.494 e. The molecule has 1 aromatic carbocycles.